The van der Waals surface area contributed by atoms with Crippen molar-refractivity contribution in [3.63, 3.8) is 0 Å². The number of benzene rings is 7. The van der Waals surface area contributed by atoms with Gasteiger partial charge in [-0.25, -0.2) is 4.99 Å². The zero-order chi connectivity index (χ0) is 34.4. The zero-order valence-electron chi connectivity index (χ0n) is 28.7. The van der Waals surface area contributed by atoms with Crippen LogP contribution in [-0.4, -0.2) is 18.1 Å². The highest BCUT2D eigenvalue weighted by atomic mass is 15.0. The maximum atomic E-state index is 5.37. The highest BCUT2D eigenvalue weighted by molar-refractivity contribution is 6.25. The first-order chi connectivity index (χ1) is 25.1. The van der Waals surface area contributed by atoms with Crippen molar-refractivity contribution in [2.45, 2.75) is 25.3 Å². The summed E-state index contributed by atoms with van der Waals surface area (Å²) in [6.07, 6.45) is 11.7. The predicted molar refractivity (Wildman–Crippen MR) is 218 cm³/mol. The van der Waals surface area contributed by atoms with E-state index in [0.717, 1.165) is 17.0 Å². The van der Waals surface area contributed by atoms with Crippen molar-refractivity contribution in [2.24, 2.45) is 15.4 Å². The van der Waals surface area contributed by atoms with Gasteiger partial charge in [0.2, 0.25) is 0 Å². The van der Waals surface area contributed by atoms with Crippen LogP contribution in [0.5, 0.6) is 0 Å². The van der Waals surface area contributed by atoms with Crippen molar-refractivity contribution in [2.75, 3.05) is 0 Å². The molecule has 0 fully saturated rings. The van der Waals surface area contributed by atoms with E-state index in [1.54, 1.807) is 0 Å². The molecular formula is C49H38N2. The minimum absolute atomic E-state index is 0.0549. The Morgan fingerprint density at radius 2 is 1.16 bits per heavy atom. The number of aliphatic imine (C=N–C) groups is 2. The Hall–Kier alpha value is -6.12. The van der Waals surface area contributed by atoms with Gasteiger partial charge in [-0.15, -0.1) is 0 Å². The molecule has 2 heteroatoms. The van der Waals surface area contributed by atoms with Gasteiger partial charge < -0.3 is 0 Å². The first-order valence-corrected chi connectivity index (χ1v) is 17.8. The minimum Gasteiger partial charge on any atom is -0.257 e. The van der Waals surface area contributed by atoms with E-state index < -0.39 is 0 Å². The molecule has 7 aromatic carbocycles. The van der Waals surface area contributed by atoms with E-state index in [1.165, 1.54) is 60.1 Å². The van der Waals surface area contributed by atoms with E-state index in [-0.39, 0.29) is 17.4 Å². The maximum Gasteiger partial charge on any atom is 0.154 e. The Bertz CT molecular complexity index is 2570. The summed E-state index contributed by atoms with van der Waals surface area (Å²) in [7, 11) is 0. The average Bonchev–Trinajstić information content (AvgIpc) is 3.40. The van der Waals surface area contributed by atoms with Crippen molar-refractivity contribution < 1.29 is 0 Å². The van der Waals surface area contributed by atoms with Gasteiger partial charge in [0.25, 0.3) is 0 Å². The molecule has 3 unspecified atom stereocenters. The Kier molecular flexibility index (Phi) is 7.66. The number of rotatable bonds is 5. The topological polar surface area (TPSA) is 24.7 Å². The lowest BCUT2D eigenvalue weighted by Gasteiger charge is -2.41. The van der Waals surface area contributed by atoms with Crippen molar-refractivity contribution in [1.82, 2.24) is 0 Å². The van der Waals surface area contributed by atoms with E-state index in [0.29, 0.717) is 6.42 Å². The smallest absolute Gasteiger partial charge is 0.154 e. The van der Waals surface area contributed by atoms with Gasteiger partial charge in [-0.05, 0) is 71.8 Å². The monoisotopic (exact) mass is 654 g/mol. The highest BCUT2D eigenvalue weighted by Crippen LogP contribution is 2.50. The average molecular weight is 655 g/mol. The fraction of sp³-hybridized carbons (Fsp3) is 0.102. The number of hydrogen-bond acceptors (Lipinski definition) is 2. The van der Waals surface area contributed by atoms with Crippen LogP contribution in [0.4, 0.5) is 0 Å². The summed E-state index contributed by atoms with van der Waals surface area (Å²) in [6, 6.07) is 52.5. The van der Waals surface area contributed by atoms with Gasteiger partial charge in [0.15, 0.2) is 5.84 Å². The molecule has 7 aromatic rings. The van der Waals surface area contributed by atoms with Crippen LogP contribution >= 0.6 is 0 Å². The van der Waals surface area contributed by atoms with Crippen molar-refractivity contribution in [3.05, 3.63) is 193 Å². The summed E-state index contributed by atoms with van der Waals surface area (Å²) in [6.45, 7) is 6.92. The van der Waals surface area contributed by atoms with Crippen LogP contribution in [-0.2, 0) is 0 Å². The van der Waals surface area contributed by atoms with Crippen LogP contribution in [0.1, 0.15) is 30.4 Å². The number of allylic oxidation sites excluding steroid dienone is 3. The number of fused-ring (bicyclic) bond motifs is 6. The highest BCUT2D eigenvalue weighted by Gasteiger charge is 2.43. The fourth-order valence-corrected chi connectivity index (χ4v) is 8.43. The molecule has 0 saturated heterocycles. The molecule has 0 amide bonds. The summed E-state index contributed by atoms with van der Waals surface area (Å²) in [5, 5.41) is 7.71. The lowest BCUT2D eigenvalue weighted by molar-refractivity contribution is 0.327. The quantitative estimate of drug-likeness (QED) is 0.130. The predicted octanol–water partition coefficient (Wildman–Crippen LogP) is 12.5. The molecule has 0 bridgehead atoms. The molecule has 51 heavy (non-hydrogen) atoms. The number of nitrogens with zero attached hydrogens (tertiary/aromatic N) is 2. The standard InChI is InChI=1S/C49H38N2/c1-33-29-31-50-48(34-16-4-3-5-17-34)51-47(33)49(2)30-15-14-26-46(49)44-25-13-12-23-41(44)37-19-7-6-18-36(37)35-27-28-43-40-22-9-8-20-38(40)39-21-10-11-24-42(39)45(43)32-35/h3-28,30-32,46-47H,1,29H2,2H3. The van der Waals surface area contributed by atoms with Gasteiger partial charge in [-0.3, -0.25) is 4.99 Å². The Morgan fingerprint density at radius 3 is 1.88 bits per heavy atom. The molecule has 2 nitrogen and oxygen atoms in total. The summed E-state index contributed by atoms with van der Waals surface area (Å²) < 4.78 is 0. The molecule has 0 spiro atoms. The summed E-state index contributed by atoms with van der Waals surface area (Å²) in [4.78, 5) is 10.2. The second kappa shape index (κ2) is 12.6. The minimum atomic E-state index is -0.368. The van der Waals surface area contributed by atoms with E-state index in [1.807, 2.05) is 24.4 Å². The van der Waals surface area contributed by atoms with Crippen LogP contribution in [0.2, 0.25) is 0 Å². The molecular weight excluding hydrogens is 617 g/mol. The molecule has 1 heterocycles. The molecule has 244 valence electrons. The van der Waals surface area contributed by atoms with Crippen LogP contribution in [0.25, 0.3) is 54.6 Å². The summed E-state index contributed by atoms with van der Waals surface area (Å²) in [5.41, 5.74) is 7.89. The van der Waals surface area contributed by atoms with Gasteiger partial charge in [-0.2, -0.15) is 0 Å². The van der Waals surface area contributed by atoms with Crippen LogP contribution in [0, 0.1) is 5.41 Å². The molecule has 1 aliphatic carbocycles. The van der Waals surface area contributed by atoms with E-state index in [9.17, 15) is 0 Å². The van der Waals surface area contributed by atoms with Crippen LogP contribution in [0.3, 0.4) is 0 Å². The number of hydrogen-bond donors (Lipinski definition) is 0. The van der Waals surface area contributed by atoms with Gasteiger partial charge >= 0.3 is 0 Å². The molecule has 3 atom stereocenters. The van der Waals surface area contributed by atoms with E-state index >= 15 is 0 Å². The van der Waals surface area contributed by atoms with Gasteiger partial charge in [0.1, 0.15) is 0 Å². The van der Waals surface area contributed by atoms with Gasteiger partial charge in [0.05, 0.1) is 6.04 Å². The van der Waals surface area contributed by atoms with Crippen LogP contribution < -0.4 is 0 Å². The third kappa shape index (κ3) is 5.27. The molecule has 1 aliphatic heterocycles. The summed E-state index contributed by atoms with van der Waals surface area (Å²) in [5.74, 6) is 0.816. The normalized spacial score (nSPS) is 20.2. The lowest BCUT2D eigenvalue weighted by atomic mass is 9.64. The van der Waals surface area contributed by atoms with Gasteiger partial charge in [-0.1, -0.05) is 177 Å². The largest absolute Gasteiger partial charge is 0.257 e. The second-order valence-corrected chi connectivity index (χ2v) is 14.0. The van der Waals surface area contributed by atoms with Crippen molar-refractivity contribution in [3.8, 4) is 22.3 Å². The maximum absolute atomic E-state index is 5.37. The number of amidine groups is 1. The first-order valence-electron chi connectivity index (χ1n) is 17.8. The zero-order valence-corrected chi connectivity index (χ0v) is 28.7. The van der Waals surface area contributed by atoms with Gasteiger partial charge in [0, 0.05) is 29.5 Å². The second-order valence-electron chi connectivity index (χ2n) is 14.0. The Morgan fingerprint density at radius 1 is 0.569 bits per heavy atom. The van der Waals surface area contributed by atoms with Crippen molar-refractivity contribution in [1.29, 1.82) is 0 Å². The lowest BCUT2D eigenvalue weighted by Crippen LogP contribution is -2.37. The van der Waals surface area contributed by atoms with E-state index in [2.05, 4.69) is 165 Å². The first kappa shape index (κ1) is 30.9. The SMILES string of the molecule is C=C1CC=NC(c2ccccc2)=NC1C1(C)C=CC=CC1c1ccccc1-c1ccccc1-c1ccc2c3ccccc3c3ccccc3c2c1. The molecule has 0 radical (unpaired) electrons. The summed E-state index contributed by atoms with van der Waals surface area (Å²) >= 11 is 0. The molecule has 0 N–H and O–H groups in total. The Balaban J connectivity index is 1.19. The third-order valence-electron chi connectivity index (χ3n) is 10.9. The fourth-order valence-electron chi connectivity index (χ4n) is 8.43. The third-order valence-corrected chi connectivity index (χ3v) is 10.9. The van der Waals surface area contributed by atoms with E-state index in [4.69, 9.17) is 9.98 Å². The molecule has 0 saturated carbocycles. The van der Waals surface area contributed by atoms with Crippen molar-refractivity contribution >= 4 is 44.4 Å². The molecule has 9 rings (SSSR count). The molecule has 2 aliphatic rings. The molecule has 0 aromatic heterocycles. The Labute approximate surface area is 299 Å². The van der Waals surface area contributed by atoms with Crippen LogP contribution in [0.15, 0.2) is 192 Å².